The van der Waals surface area contributed by atoms with Crippen molar-refractivity contribution in [3.8, 4) is 0 Å². The van der Waals surface area contributed by atoms with Gasteiger partial charge in [0, 0.05) is 19.4 Å². The molecule has 4 heteroatoms. The lowest BCUT2D eigenvalue weighted by molar-refractivity contribution is -0.137. The summed E-state index contributed by atoms with van der Waals surface area (Å²) in [6.45, 7) is 2.85. The second-order valence-electron chi connectivity index (χ2n) is 6.19. The Balaban J connectivity index is 2.27. The minimum absolute atomic E-state index is 0.205. The number of rotatable bonds is 12. The van der Waals surface area contributed by atoms with E-state index in [0.717, 1.165) is 19.3 Å². The molecule has 1 aliphatic heterocycles. The van der Waals surface area contributed by atoms with Crippen molar-refractivity contribution in [2.75, 3.05) is 6.54 Å². The monoisotopic (exact) mass is 321 g/mol. The van der Waals surface area contributed by atoms with Crippen molar-refractivity contribution < 1.29 is 14.7 Å². The molecule has 0 aromatic rings. The van der Waals surface area contributed by atoms with E-state index in [-0.39, 0.29) is 18.4 Å². The molecule has 23 heavy (non-hydrogen) atoms. The summed E-state index contributed by atoms with van der Waals surface area (Å²) >= 11 is 0. The maximum absolute atomic E-state index is 11.9. The molecule has 1 aliphatic rings. The Morgan fingerprint density at radius 3 is 2.70 bits per heavy atom. The van der Waals surface area contributed by atoms with Gasteiger partial charge in [-0.15, -0.1) is 0 Å². The first-order valence-corrected chi connectivity index (χ1v) is 8.98. The molecule has 0 aliphatic carbocycles. The fraction of sp³-hybridized carbons (Fsp3) is 0.684. The Labute approximate surface area is 140 Å². The molecule has 0 saturated carbocycles. The summed E-state index contributed by atoms with van der Waals surface area (Å²) in [5.41, 5.74) is 0. The van der Waals surface area contributed by atoms with Crippen LogP contribution < -0.4 is 0 Å². The van der Waals surface area contributed by atoms with E-state index >= 15 is 0 Å². The molecule has 1 amide bonds. The van der Waals surface area contributed by atoms with Gasteiger partial charge in [-0.1, -0.05) is 50.5 Å². The lowest BCUT2D eigenvalue weighted by atomic mass is 10.1. The van der Waals surface area contributed by atoms with Crippen molar-refractivity contribution in [1.82, 2.24) is 4.90 Å². The number of amides is 1. The summed E-state index contributed by atoms with van der Waals surface area (Å²) < 4.78 is 0. The summed E-state index contributed by atoms with van der Waals surface area (Å²) in [6.07, 6.45) is 17.7. The van der Waals surface area contributed by atoms with Gasteiger partial charge < -0.3 is 10.0 Å². The van der Waals surface area contributed by atoms with Crippen molar-refractivity contribution >= 4 is 11.9 Å². The van der Waals surface area contributed by atoms with Crippen molar-refractivity contribution in [3.63, 3.8) is 0 Å². The molecule has 1 fully saturated rings. The second kappa shape index (κ2) is 11.9. The second-order valence-corrected chi connectivity index (χ2v) is 6.19. The number of carbonyl (C=O) groups is 2. The Hall–Kier alpha value is -1.58. The minimum Gasteiger partial charge on any atom is -0.481 e. The molecule has 1 atom stereocenters. The van der Waals surface area contributed by atoms with Crippen LogP contribution in [0.15, 0.2) is 24.3 Å². The SMILES string of the molecule is CCCCCC/C=C/C1CCC(=O)N1C/C=C\CCCC(=O)O. The van der Waals surface area contributed by atoms with Crippen LogP contribution in [0.4, 0.5) is 0 Å². The van der Waals surface area contributed by atoms with Crippen LogP contribution in [0.25, 0.3) is 0 Å². The highest BCUT2D eigenvalue weighted by Gasteiger charge is 2.27. The number of carboxylic acid groups (broad SMARTS) is 1. The van der Waals surface area contributed by atoms with Gasteiger partial charge in [0.15, 0.2) is 0 Å². The Bertz CT molecular complexity index is 415. The summed E-state index contributed by atoms with van der Waals surface area (Å²) in [6, 6.07) is 0.234. The summed E-state index contributed by atoms with van der Waals surface area (Å²) in [4.78, 5) is 24.3. The Kier molecular flexibility index (Phi) is 10.1. The summed E-state index contributed by atoms with van der Waals surface area (Å²) in [5, 5.41) is 8.58. The topological polar surface area (TPSA) is 57.6 Å². The molecule has 1 heterocycles. The van der Waals surface area contributed by atoms with E-state index in [0.29, 0.717) is 19.4 Å². The number of unbranched alkanes of at least 4 members (excludes halogenated alkanes) is 5. The number of hydrogen-bond acceptors (Lipinski definition) is 2. The van der Waals surface area contributed by atoms with Crippen LogP contribution in [0.2, 0.25) is 0 Å². The van der Waals surface area contributed by atoms with E-state index in [1.165, 1.54) is 25.7 Å². The van der Waals surface area contributed by atoms with Gasteiger partial charge in [0.25, 0.3) is 0 Å². The third-order valence-electron chi connectivity index (χ3n) is 4.19. The van der Waals surface area contributed by atoms with Crippen molar-refractivity contribution in [1.29, 1.82) is 0 Å². The van der Waals surface area contributed by atoms with Gasteiger partial charge in [0.2, 0.25) is 5.91 Å². The molecule has 1 rings (SSSR count). The number of allylic oxidation sites excluding steroid dienone is 2. The molecule has 1 saturated heterocycles. The first-order chi connectivity index (χ1) is 11.1. The van der Waals surface area contributed by atoms with Gasteiger partial charge in [0.05, 0.1) is 6.04 Å². The highest BCUT2D eigenvalue weighted by Crippen LogP contribution is 2.20. The number of hydrogen-bond donors (Lipinski definition) is 1. The molecule has 4 nitrogen and oxygen atoms in total. The molecule has 0 radical (unpaired) electrons. The zero-order valence-electron chi connectivity index (χ0n) is 14.4. The quantitative estimate of drug-likeness (QED) is 0.430. The van der Waals surface area contributed by atoms with Gasteiger partial charge in [-0.2, -0.15) is 0 Å². The van der Waals surface area contributed by atoms with Crippen LogP contribution in [-0.2, 0) is 9.59 Å². The zero-order chi connectivity index (χ0) is 16.9. The molecule has 1 unspecified atom stereocenters. The van der Waals surface area contributed by atoms with Gasteiger partial charge in [-0.05, 0) is 32.1 Å². The zero-order valence-corrected chi connectivity index (χ0v) is 14.4. The maximum atomic E-state index is 11.9. The van der Waals surface area contributed by atoms with E-state index < -0.39 is 5.97 Å². The first kappa shape index (κ1) is 19.5. The number of carboxylic acids is 1. The number of carbonyl (C=O) groups excluding carboxylic acids is 1. The highest BCUT2D eigenvalue weighted by atomic mass is 16.4. The molecular weight excluding hydrogens is 290 g/mol. The van der Waals surface area contributed by atoms with Crippen LogP contribution in [0.5, 0.6) is 0 Å². The Morgan fingerprint density at radius 2 is 1.96 bits per heavy atom. The third kappa shape index (κ3) is 8.58. The number of aliphatic carboxylic acids is 1. The average molecular weight is 321 g/mol. The van der Waals surface area contributed by atoms with Crippen molar-refractivity contribution in [3.05, 3.63) is 24.3 Å². The number of likely N-dealkylation sites (tertiary alicyclic amines) is 1. The highest BCUT2D eigenvalue weighted by molar-refractivity contribution is 5.79. The predicted octanol–water partition coefficient (Wildman–Crippen LogP) is 4.32. The van der Waals surface area contributed by atoms with Gasteiger partial charge in [-0.25, -0.2) is 0 Å². The van der Waals surface area contributed by atoms with Crippen LogP contribution in [-0.4, -0.2) is 34.5 Å². The van der Waals surface area contributed by atoms with E-state index in [9.17, 15) is 9.59 Å². The molecule has 130 valence electrons. The normalized spacial score (nSPS) is 18.6. The van der Waals surface area contributed by atoms with Crippen molar-refractivity contribution in [2.45, 2.75) is 77.2 Å². The molecule has 0 bridgehead atoms. The molecular formula is C19H31NO3. The lowest BCUT2D eigenvalue weighted by Crippen LogP contribution is -2.31. The van der Waals surface area contributed by atoms with E-state index in [1.54, 1.807) is 0 Å². The summed E-state index contributed by atoms with van der Waals surface area (Å²) in [5.74, 6) is -0.530. The maximum Gasteiger partial charge on any atom is 0.303 e. The molecule has 0 spiro atoms. The van der Waals surface area contributed by atoms with E-state index in [4.69, 9.17) is 5.11 Å². The van der Waals surface area contributed by atoms with E-state index in [2.05, 4.69) is 19.1 Å². The van der Waals surface area contributed by atoms with Crippen LogP contribution in [0.1, 0.15) is 71.1 Å². The molecule has 0 aromatic carbocycles. The van der Waals surface area contributed by atoms with Crippen LogP contribution >= 0.6 is 0 Å². The fourth-order valence-electron chi connectivity index (χ4n) is 2.81. The molecule has 0 aromatic heterocycles. The van der Waals surface area contributed by atoms with Gasteiger partial charge >= 0.3 is 5.97 Å². The largest absolute Gasteiger partial charge is 0.481 e. The minimum atomic E-state index is -0.753. The van der Waals surface area contributed by atoms with Crippen molar-refractivity contribution in [2.24, 2.45) is 0 Å². The number of nitrogens with zero attached hydrogens (tertiary/aromatic N) is 1. The van der Waals surface area contributed by atoms with E-state index in [1.807, 2.05) is 17.1 Å². The third-order valence-corrected chi connectivity index (χ3v) is 4.19. The fourth-order valence-corrected chi connectivity index (χ4v) is 2.81. The first-order valence-electron chi connectivity index (χ1n) is 8.98. The van der Waals surface area contributed by atoms with Crippen LogP contribution in [0.3, 0.4) is 0 Å². The van der Waals surface area contributed by atoms with Gasteiger partial charge in [-0.3, -0.25) is 9.59 Å². The van der Waals surface area contributed by atoms with Crippen LogP contribution in [0, 0.1) is 0 Å². The smallest absolute Gasteiger partial charge is 0.303 e. The lowest BCUT2D eigenvalue weighted by Gasteiger charge is -2.20. The standard InChI is InChI=1S/C19H31NO3/c1-2-3-4-5-6-9-12-17-14-15-18(21)20(17)16-11-8-7-10-13-19(22)23/h8-9,11-12,17H,2-7,10,13-16H2,1H3,(H,22,23)/b11-8-,12-9+. The molecule has 1 N–H and O–H groups in total. The Morgan fingerprint density at radius 1 is 1.17 bits per heavy atom. The summed E-state index contributed by atoms with van der Waals surface area (Å²) in [7, 11) is 0. The average Bonchev–Trinajstić information content (AvgIpc) is 2.86. The van der Waals surface area contributed by atoms with Gasteiger partial charge in [0.1, 0.15) is 0 Å². The predicted molar refractivity (Wildman–Crippen MR) is 93.3 cm³/mol.